The van der Waals surface area contributed by atoms with Crippen LogP contribution in [0.5, 0.6) is 0 Å². The van der Waals surface area contributed by atoms with E-state index in [-0.39, 0.29) is 0 Å². The second-order valence-corrected chi connectivity index (χ2v) is 1.08. The zero-order valence-electron chi connectivity index (χ0n) is 4.39. The van der Waals surface area contributed by atoms with Crippen molar-refractivity contribution >= 4 is 0 Å². The third-order valence-electron chi connectivity index (χ3n) is 0.607. The second kappa shape index (κ2) is 1.61. The molecular formula is C6H6. The highest BCUT2D eigenvalue weighted by Crippen LogP contribution is 1.79. The van der Waals surface area contributed by atoms with Crippen LogP contribution in [0.25, 0.3) is 0 Å². The Morgan fingerprint density at radius 2 is 1.33 bits per heavy atom. The van der Waals surface area contributed by atoms with Crippen molar-refractivity contribution in [1.29, 1.82) is 0 Å². The molecule has 0 nitrogen and oxygen atoms in total. The monoisotopic (exact) mass is 80.1 g/mol. The van der Waals surface area contributed by atoms with Crippen LogP contribution in [0.1, 0.15) is 1.37 Å². The first-order chi connectivity index (χ1) is 3.39. The highest BCUT2D eigenvalue weighted by Gasteiger charge is 1.57. The van der Waals surface area contributed by atoms with Crippen molar-refractivity contribution in [3.8, 4) is 0 Å². The van der Waals surface area contributed by atoms with E-state index >= 15 is 0 Å². The molecule has 1 rings (SSSR count). The molecule has 0 saturated heterocycles. The Balaban J connectivity index is 3.02. The van der Waals surface area contributed by atoms with Gasteiger partial charge in [0.1, 0.15) is 0 Å². The maximum absolute atomic E-state index is 7.00. The standard InChI is InChI=1S/C6H6/c1-2-4-6-5-3-1/h1-6H/i1T. The molecule has 0 spiro atoms. The van der Waals surface area contributed by atoms with Crippen LogP contribution >= 0.6 is 0 Å². The first kappa shape index (κ1) is 2.40. The summed E-state index contributed by atoms with van der Waals surface area (Å²) in [7, 11) is 0. The summed E-state index contributed by atoms with van der Waals surface area (Å²) >= 11 is 0. The molecule has 0 aliphatic heterocycles. The van der Waals surface area contributed by atoms with Crippen molar-refractivity contribution in [2.24, 2.45) is 0 Å². The first-order valence-electron chi connectivity index (χ1n) is 2.41. The average Bonchev–Trinajstić information content (AvgIpc) is 1.69. The molecule has 0 aliphatic rings. The minimum atomic E-state index is 0.572. The molecule has 0 atom stereocenters. The molecule has 1 aromatic carbocycles. The molecule has 0 heterocycles. The fourth-order valence-electron chi connectivity index (χ4n) is 0.342. The molecule has 0 aliphatic carbocycles. The average molecular weight is 80.1 g/mol. The highest BCUT2D eigenvalue weighted by atomic mass is 13.6. The van der Waals surface area contributed by atoms with E-state index in [0.717, 1.165) is 0 Å². The lowest BCUT2D eigenvalue weighted by Crippen LogP contribution is -1.47. The van der Waals surface area contributed by atoms with Gasteiger partial charge in [-0.25, -0.2) is 0 Å². The number of hydrogen-bond acceptors (Lipinski definition) is 0. The fourth-order valence-corrected chi connectivity index (χ4v) is 0.342. The molecule has 0 saturated carbocycles. The predicted octanol–water partition coefficient (Wildman–Crippen LogP) is 1.69. The van der Waals surface area contributed by atoms with E-state index in [4.69, 9.17) is 1.37 Å². The highest BCUT2D eigenvalue weighted by molar-refractivity contribution is 4.99. The Kier molecular flexibility index (Phi) is 0.643. The van der Waals surface area contributed by atoms with Crippen LogP contribution in [0.4, 0.5) is 0 Å². The van der Waals surface area contributed by atoms with Crippen molar-refractivity contribution in [2.75, 3.05) is 0 Å². The van der Waals surface area contributed by atoms with Gasteiger partial charge in [0, 0.05) is 0 Å². The summed E-state index contributed by atoms with van der Waals surface area (Å²) in [5, 5.41) is 0. The van der Waals surface area contributed by atoms with Crippen molar-refractivity contribution in [2.45, 2.75) is 0 Å². The van der Waals surface area contributed by atoms with Gasteiger partial charge < -0.3 is 0 Å². The SMILES string of the molecule is [3H]c1ccccc1. The Morgan fingerprint density at radius 1 is 0.833 bits per heavy atom. The van der Waals surface area contributed by atoms with E-state index in [1.165, 1.54) is 0 Å². The first-order valence-corrected chi connectivity index (χ1v) is 1.91. The van der Waals surface area contributed by atoms with Crippen molar-refractivity contribution in [1.82, 2.24) is 0 Å². The lowest BCUT2D eigenvalue weighted by molar-refractivity contribution is 1.72. The molecule has 0 fully saturated rings. The van der Waals surface area contributed by atoms with E-state index in [9.17, 15) is 0 Å². The van der Waals surface area contributed by atoms with E-state index in [2.05, 4.69) is 0 Å². The van der Waals surface area contributed by atoms with E-state index in [0.29, 0.717) is 6.04 Å². The normalized spacial score (nSPS) is 10.3. The molecule has 6 heavy (non-hydrogen) atoms. The lowest BCUT2D eigenvalue weighted by Gasteiger charge is -1.69. The number of benzene rings is 1. The Hall–Kier alpha value is -0.780. The van der Waals surface area contributed by atoms with Gasteiger partial charge in [-0.15, -0.1) is 0 Å². The smallest absolute Gasteiger partial charge is 0.0623 e. The molecular weight excluding hydrogens is 72.1 g/mol. The van der Waals surface area contributed by atoms with Crippen LogP contribution in [0, 0.1) is 0 Å². The molecule has 0 bridgehead atoms. The third kappa shape index (κ3) is 0.582. The van der Waals surface area contributed by atoms with Crippen LogP contribution in [0.3, 0.4) is 0 Å². The summed E-state index contributed by atoms with van der Waals surface area (Å²) in [4.78, 5) is 0. The zero-order valence-corrected chi connectivity index (χ0v) is 3.39. The molecule has 0 N–H and O–H groups in total. The molecule has 30 valence electrons. The fraction of sp³-hybridized carbons (Fsp3) is 0. The minimum absolute atomic E-state index is 0.572. The van der Waals surface area contributed by atoms with E-state index < -0.39 is 0 Å². The molecule has 0 unspecified atom stereocenters. The summed E-state index contributed by atoms with van der Waals surface area (Å²) in [6.45, 7) is 0. The summed E-state index contributed by atoms with van der Waals surface area (Å²) in [6, 6.07) is 9.67. The topological polar surface area (TPSA) is 0 Å². The molecule has 0 heteroatoms. The molecule has 1 aromatic rings. The van der Waals surface area contributed by atoms with Crippen LogP contribution in [0.2, 0.25) is 0 Å². The van der Waals surface area contributed by atoms with Gasteiger partial charge in [-0.2, -0.15) is 0 Å². The maximum Gasteiger partial charge on any atom is 0.0623 e. The van der Waals surface area contributed by atoms with Crippen LogP contribution in [-0.2, 0) is 0 Å². The van der Waals surface area contributed by atoms with Crippen molar-refractivity contribution < 1.29 is 1.37 Å². The lowest BCUT2D eigenvalue weighted by atomic mass is 10.4. The van der Waals surface area contributed by atoms with Crippen molar-refractivity contribution in [3.05, 3.63) is 36.4 Å². The van der Waals surface area contributed by atoms with Gasteiger partial charge in [-0.05, 0) is 0 Å². The Bertz CT molecular complexity index is 134. The van der Waals surface area contributed by atoms with E-state index in [1.807, 2.05) is 18.2 Å². The quantitative estimate of drug-likeness (QED) is 0.445. The van der Waals surface area contributed by atoms with Gasteiger partial charge in [0.2, 0.25) is 0 Å². The molecule has 0 aromatic heterocycles. The number of rotatable bonds is 0. The third-order valence-corrected chi connectivity index (χ3v) is 0.607. The van der Waals surface area contributed by atoms with Crippen LogP contribution in [-0.4, -0.2) is 0 Å². The second-order valence-electron chi connectivity index (χ2n) is 1.08. The van der Waals surface area contributed by atoms with Gasteiger partial charge in [0.15, 0.2) is 0 Å². The zero-order chi connectivity index (χ0) is 5.11. The summed E-state index contributed by atoms with van der Waals surface area (Å²) in [6.07, 6.45) is 0. The van der Waals surface area contributed by atoms with Gasteiger partial charge in [0.05, 0.1) is 1.37 Å². The van der Waals surface area contributed by atoms with Crippen LogP contribution in [0.15, 0.2) is 36.4 Å². The predicted molar refractivity (Wildman–Crippen MR) is 26.4 cm³/mol. The van der Waals surface area contributed by atoms with Gasteiger partial charge in [-0.1, -0.05) is 36.4 Å². The Morgan fingerprint density at radius 3 is 1.67 bits per heavy atom. The maximum atomic E-state index is 7.00. The number of hydrogen-bond donors (Lipinski definition) is 0. The summed E-state index contributed by atoms with van der Waals surface area (Å²) in [5.74, 6) is 0. The largest absolute Gasteiger partial charge is 0.0623 e. The molecule has 0 amide bonds. The van der Waals surface area contributed by atoms with Gasteiger partial charge >= 0.3 is 0 Å². The van der Waals surface area contributed by atoms with E-state index in [1.54, 1.807) is 12.1 Å². The minimum Gasteiger partial charge on any atom is -0.0623 e. The summed E-state index contributed by atoms with van der Waals surface area (Å²) in [5.41, 5.74) is 0. The molecule has 0 radical (unpaired) electrons. The summed E-state index contributed by atoms with van der Waals surface area (Å²) < 4.78 is 7.00. The van der Waals surface area contributed by atoms with Crippen molar-refractivity contribution in [3.63, 3.8) is 0 Å². The van der Waals surface area contributed by atoms with Crippen LogP contribution < -0.4 is 0 Å². The Labute approximate surface area is 38.8 Å². The van der Waals surface area contributed by atoms with Gasteiger partial charge in [-0.3, -0.25) is 0 Å². The van der Waals surface area contributed by atoms with Gasteiger partial charge in [0.25, 0.3) is 0 Å².